The van der Waals surface area contributed by atoms with Crippen LogP contribution < -0.4 is 4.72 Å². The van der Waals surface area contributed by atoms with Gasteiger partial charge in [0.1, 0.15) is 0 Å². The molecular formula is C13H18ClNO3S. The summed E-state index contributed by atoms with van der Waals surface area (Å²) in [5.74, 6) is 0.565. The smallest absolute Gasteiger partial charge is 0.240 e. The summed E-state index contributed by atoms with van der Waals surface area (Å²) in [5, 5.41) is 0. The molecule has 0 aromatic heterocycles. The Hall–Kier alpha value is -0.620. The molecule has 1 heterocycles. The fourth-order valence-corrected chi connectivity index (χ4v) is 3.64. The molecule has 1 aromatic carbocycles. The van der Waals surface area contributed by atoms with E-state index in [1.807, 2.05) is 6.92 Å². The van der Waals surface area contributed by atoms with E-state index in [0.717, 1.165) is 5.56 Å². The number of alkyl halides is 1. The molecule has 1 N–H and O–H groups in total. The third-order valence-corrected chi connectivity index (χ3v) is 5.15. The van der Waals surface area contributed by atoms with Crippen molar-refractivity contribution in [2.75, 3.05) is 13.2 Å². The number of halogens is 1. The number of nitrogens with one attached hydrogen (secondary N) is 1. The summed E-state index contributed by atoms with van der Waals surface area (Å²) >= 11 is 5.69. The molecule has 4 nitrogen and oxygen atoms in total. The maximum Gasteiger partial charge on any atom is 0.240 e. The Labute approximate surface area is 119 Å². The molecule has 1 aromatic rings. The van der Waals surface area contributed by atoms with Crippen LogP contribution in [0, 0.1) is 5.92 Å². The molecule has 1 fully saturated rings. The van der Waals surface area contributed by atoms with Crippen molar-refractivity contribution in [3.63, 3.8) is 0 Å². The summed E-state index contributed by atoms with van der Waals surface area (Å²) in [6.45, 7) is 3.18. The van der Waals surface area contributed by atoms with Gasteiger partial charge in [-0.25, -0.2) is 13.1 Å². The van der Waals surface area contributed by atoms with Crippen LogP contribution in [0.15, 0.2) is 29.2 Å². The molecule has 2 rings (SSSR count). The molecule has 2 unspecified atom stereocenters. The molecule has 1 saturated heterocycles. The van der Waals surface area contributed by atoms with E-state index in [-0.39, 0.29) is 16.9 Å². The number of hydrogen-bond donors (Lipinski definition) is 1. The average Bonchev–Trinajstić information content (AvgIpc) is 2.41. The van der Waals surface area contributed by atoms with Crippen molar-refractivity contribution in [2.24, 2.45) is 5.92 Å². The largest absolute Gasteiger partial charge is 0.381 e. The fraction of sp³-hybridized carbons (Fsp3) is 0.538. The van der Waals surface area contributed by atoms with Gasteiger partial charge in [-0.05, 0) is 30.0 Å². The third kappa shape index (κ3) is 3.69. The summed E-state index contributed by atoms with van der Waals surface area (Å²) in [6.07, 6.45) is 0.708. The second-order valence-electron chi connectivity index (χ2n) is 4.85. The van der Waals surface area contributed by atoms with Gasteiger partial charge >= 0.3 is 0 Å². The Morgan fingerprint density at radius 3 is 2.63 bits per heavy atom. The predicted octanol–water partition coefficient (Wildman–Crippen LogP) is 2.13. The maximum absolute atomic E-state index is 12.3. The van der Waals surface area contributed by atoms with E-state index in [1.54, 1.807) is 24.3 Å². The Kier molecular flexibility index (Phi) is 4.84. The van der Waals surface area contributed by atoms with E-state index in [2.05, 4.69) is 4.72 Å². The van der Waals surface area contributed by atoms with Crippen molar-refractivity contribution < 1.29 is 13.2 Å². The van der Waals surface area contributed by atoms with Crippen LogP contribution in [0.2, 0.25) is 0 Å². The van der Waals surface area contributed by atoms with E-state index >= 15 is 0 Å². The van der Waals surface area contributed by atoms with E-state index in [0.29, 0.717) is 25.5 Å². The third-order valence-electron chi connectivity index (χ3n) is 3.34. The van der Waals surface area contributed by atoms with Gasteiger partial charge in [-0.3, -0.25) is 0 Å². The number of sulfonamides is 1. The minimum atomic E-state index is -3.47. The Morgan fingerprint density at radius 2 is 2.05 bits per heavy atom. The maximum atomic E-state index is 12.3. The van der Waals surface area contributed by atoms with Gasteiger partial charge < -0.3 is 4.74 Å². The van der Waals surface area contributed by atoms with E-state index < -0.39 is 10.0 Å². The van der Waals surface area contributed by atoms with Gasteiger partial charge in [0.25, 0.3) is 0 Å². The molecule has 0 aliphatic carbocycles. The van der Waals surface area contributed by atoms with Crippen LogP contribution in [-0.2, 0) is 20.6 Å². The van der Waals surface area contributed by atoms with Crippen molar-refractivity contribution >= 4 is 21.6 Å². The summed E-state index contributed by atoms with van der Waals surface area (Å²) in [4.78, 5) is 0.278. The lowest BCUT2D eigenvalue weighted by Gasteiger charge is -2.29. The molecule has 0 saturated carbocycles. The topological polar surface area (TPSA) is 55.4 Å². The van der Waals surface area contributed by atoms with Gasteiger partial charge in [-0.1, -0.05) is 19.1 Å². The molecule has 2 atom stereocenters. The van der Waals surface area contributed by atoms with Crippen LogP contribution in [0.1, 0.15) is 18.9 Å². The van der Waals surface area contributed by atoms with Crippen molar-refractivity contribution in [1.82, 2.24) is 4.72 Å². The van der Waals surface area contributed by atoms with E-state index in [9.17, 15) is 8.42 Å². The number of ether oxygens (including phenoxy) is 1. The highest BCUT2D eigenvalue weighted by Gasteiger charge is 2.27. The van der Waals surface area contributed by atoms with Crippen LogP contribution in [0.3, 0.4) is 0 Å². The molecule has 0 bridgehead atoms. The van der Waals surface area contributed by atoms with Crippen molar-refractivity contribution in [3.05, 3.63) is 29.8 Å². The van der Waals surface area contributed by atoms with Gasteiger partial charge in [0, 0.05) is 18.5 Å². The first-order valence-electron chi connectivity index (χ1n) is 6.28. The van der Waals surface area contributed by atoms with E-state index in [1.165, 1.54) is 0 Å². The lowest BCUT2D eigenvalue weighted by molar-refractivity contribution is 0.0450. The van der Waals surface area contributed by atoms with Crippen LogP contribution in [0.4, 0.5) is 0 Å². The number of rotatable bonds is 4. The highest BCUT2D eigenvalue weighted by atomic mass is 35.5. The van der Waals surface area contributed by atoms with Crippen molar-refractivity contribution in [1.29, 1.82) is 0 Å². The molecule has 0 radical (unpaired) electrons. The zero-order valence-electron chi connectivity index (χ0n) is 10.8. The predicted molar refractivity (Wildman–Crippen MR) is 74.7 cm³/mol. The zero-order valence-corrected chi connectivity index (χ0v) is 12.4. The molecule has 1 aliphatic heterocycles. The van der Waals surface area contributed by atoms with Crippen molar-refractivity contribution in [2.45, 2.75) is 30.2 Å². The zero-order chi connectivity index (χ0) is 13.9. The van der Waals surface area contributed by atoms with Gasteiger partial charge in [-0.15, -0.1) is 11.6 Å². The second kappa shape index (κ2) is 6.22. The second-order valence-corrected chi connectivity index (χ2v) is 6.83. The highest BCUT2D eigenvalue weighted by Crippen LogP contribution is 2.18. The SMILES string of the molecule is CC1COCCC1NS(=O)(=O)c1ccc(CCl)cc1. The summed E-state index contributed by atoms with van der Waals surface area (Å²) in [5.41, 5.74) is 0.903. The van der Waals surface area contributed by atoms with Crippen LogP contribution in [0.5, 0.6) is 0 Å². The molecule has 0 amide bonds. The first kappa shape index (κ1) is 14.8. The Morgan fingerprint density at radius 1 is 1.37 bits per heavy atom. The summed E-state index contributed by atoms with van der Waals surface area (Å²) < 4.78 is 32.6. The number of hydrogen-bond acceptors (Lipinski definition) is 3. The molecule has 0 spiro atoms. The highest BCUT2D eigenvalue weighted by molar-refractivity contribution is 7.89. The van der Waals surface area contributed by atoms with Gasteiger partial charge in [0.15, 0.2) is 0 Å². The minimum absolute atomic E-state index is 0.0635. The van der Waals surface area contributed by atoms with Crippen LogP contribution in [-0.4, -0.2) is 27.7 Å². The fourth-order valence-electron chi connectivity index (χ4n) is 2.08. The van der Waals surface area contributed by atoms with Crippen molar-refractivity contribution in [3.8, 4) is 0 Å². The first-order chi connectivity index (χ1) is 9.03. The Bertz CT molecular complexity index is 515. The van der Waals surface area contributed by atoms with Crippen LogP contribution >= 0.6 is 11.6 Å². The van der Waals surface area contributed by atoms with Gasteiger partial charge in [0.2, 0.25) is 10.0 Å². The van der Waals surface area contributed by atoms with Gasteiger partial charge in [0.05, 0.1) is 11.5 Å². The number of benzene rings is 1. The van der Waals surface area contributed by atoms with E-state index in [4.69, 9.17) is 16.3 Å². The van der Waals surface area contributed by atoms with Crippen LogP contribution in [0.25, 0.3) is 0 Å². The lowest BCUT2D eigenvalue weighted by atomic mass is 9.99. The molecule has 6 heteroatoms. The molecule has 1 aliphatic rings. The molecular weight excluding hydrogens is 286 g/mol. The standard InChI is InChI=1S/C13H18ClNO3S/c1-10-9-18-7-6-13(10)15-19(16,17)12-4-2-11(8-14)3-5-12/h2-5,10,13,15H,6-9H2,1H3. The average molecular weight is 304 g/mol. The Balaban J connectivity index is 2.12. The monoisotopic (exact) mass is 303 g/mol. The summed E-state index contributed by atoms with van der Waals surface area (Å²) in [7, 11) is -3.47. The lowest BCUT2D eigenvalue weighted by Crippen LogP contribution is -2.44. The minimum Gasteiger partial charge on any atom is -0.381 e. The summed E-state index contributed by atoms with van der Waals surface area (Å²) in [6, 6.07) is 6.57. The first-order valence-corrected chi connectivity index (χ1v) is 8.29. The van der Waals surface area contributed by atoms with Gasteiger partial charge in [-0.2, -0.15) is 0 Å². The molecule has 106 valence electrons. The normalized spacial score (nSPS) is 24.3. The molecule has 19 heavy (non-hydrogen) atoms. The quantitative estimate of drug-likeness (QED) is 0.867.